The molecule has 1 aliphatic heterocycles. The summed E-state index contributed by atoms with van der Waals surface area (Å²) in [6.45, 7) is 1.77. The van der Waals surface area contributed by atoms with Crippen molar-refractivity contribution >= 4 is 52.0 Å². The molecule has 36 heavy (non-hydrogen) atoms. The number of nitrogen functional groups attached to an aromatic ring is 1. The lowest BCUT2D eigenvalue weighted by molar-refractivity contribution is -0.133. The molecule has 2 aromatic carbocycles. The van der Waals surface area contributed by atoms with Crippen molar-refractivity contribution in [3.63, 3.8) is 0 Å². The van der Waals surface area contributed by atoms with Crippen LogP contribution in [0.15, 0.2) is 48.7 Å². The number of ether oxygens (including phenoxy) is 1. The highest BCUT2D eigenvalue weighted by molar-refractivity contribution is 6.36. The van der Waals surface area contributed by atoms with Crippen molar-refractivity contribution in [1.82, 2.24) is 24.8 Å². The van der Waals surface area contributed by atoms with Gasteiger partial charge in [-0.15, -0.1) is 0 Å². The molecule has 0 spiro atoms. The standard InChI is InChI=1S/C24H20Cl2FN7O2/c25-14-1-6-17(18(26)11-14)19-12-29-22-21(30-19)23(32-24(28)31-22)34-9-7-33(8-10-34)20(35)13-36-16-4-2-15(27)3-5-16/h1-6,11-12H,7-10,13H2,(H2,28,29,31,32). The maximum atomic E-state index is 13.0. The van der Waals surface area contributed by atoms with Gasteiger partial charge in [-0.1, -0.05) is 23.2 Å². The summed E-state index contributed by atoms with van der Waals surface area (Å²) in [5.41, 5.74) is 8.00. The van der Waals surface area contributed by atoms with Crippen molar-refractivity contribution in [2.75, 3.05) is 43.4 Å². The maximum absolute atomic E-state index is 13.0. The Kier molecular flexibility index (Phi) is 6.71. The highest BCUT2D eigenvalue weighted by Crippen LogP contribution is 2.31. The van der Waals surface area contributed by atoms with Crippen LogP contribution < -0.4 is 15.4 Å². The van der Waals surface area contributed by atoms with E-state index in [9.17, 15) is 9.18 Å². The van der Waals surface area contributed by atoms with E-state index in [1.165, 1.54) is 24.3 Å². The van der Waals surface area contributed by atoms with E-state index in [1.54, 1.807) is 29.3 Å². The van der Waals surface area contributed by atoms with E-state index in [-0.39, 0.29) is 24.3 Å². The van der Waals surface area contributed by atoms with E-state index < -0.39 is 0 Å². The number of piperazine rings is 1. The summed E-state index contributed by atoms with van der Waals surface area (Å²) in [6, 6.07) is 10.7. The maximum Gasteiger partial charge on any atom is 0.260 e. The minimum absolute atomic E-state index is 0.0790. The van der Waals surface area contributed by atoms with Crippen LogP contribution in [0, 0.1) is 5.82 Å². The number of nitrogens with two attached hydrogens (primary N) is 1. The molecule has 1 amide bonds. The zero-order valence-electron chi connectivity index (χ0n) is 18.9. The van der Waals surface area contributed by atoms with E-state index in [2.05, 4.69) is 15.0 Å². The minimum atomic E-state index is -0.365. The van der Waals surface area contributed by atoms with Crippen molar-refractivity contribution < 1.29 is 13.9 Å². The lowest BCUT2D eigenvalue weighted by Crippen LogP contribution is -2.50. The number of hydrogen-bond donors (Lipinski definition) is 1. The van der Waals surface area contributed by atoms with Crippen LogP contribution in [0.25, 0.3) is 22.4 Å². The van der Waals surface area contributed by atoms with E-state index in [4.69, 9.17) is 38.7 Å². The number of nitrogens with zero attached hydrogens (tertiary/aromatic N) is 6. The number of fused-ring (bicyclic) bond motifs is 1. The molecule has 12 heteroatoms. The largest absolute Gasteiger partial charge is 0.484 e. The Balaban J connectivity index is 1.32. The van der Waals surface area contributed by atoms with Crippen molar-refractivity contribution in [3.8, 4) is 17.0 Å². The van der Waals surface area contributed by atoms with E-state index >= 15 is 0 Å². The van der Waals surface area contributed by atoms with Crippen LogP contribution in [-0.4, -0.2) is 63.5 Å². The van der Waals surface area contributed by atoms with Crippen LogP contribution in [0.3, 0.4) is 0 Å². The number of aromatic nitrogens is 4. The molecule has 9 nitrogen and oxygen atoms in total. The van der Waals surface area contributed by atoms with Gasteiger partial charge in [-0.05, 0) is 42.5 Å². The molecule has 1 saturated heterocycles. The SMILES string of the molecule is Nc1nc(N2CCN(C(=O)COc3ccc(F)cc3)CC2)c2nc(-c3ccc(Cl)cc3Cl)cnc2n1. The topological polar surface area (TPSA) is 110 Å². The van der Waals surface area contributed by atoms with Crippen molar-refractivity contribution in [2.45, 2.75) is 0 Å². The second-order valence-corrected chi connectivity index (χ2v) is 8.91. The molecular weight excluding hydrogens is 508 g/mol. The Morgan fingerprint density at radius 3 is 2.50 bits per heavy atom. The predicted molar refractivity (Wildman–Crippen MR) is 136 cm³/mol. The molecule has 5 rings (SSSR count). The molecule has 1 fully saturated rings. The average molecular weight is 528 g/mol. The molecule has 2 aromatic heterocycles. The van der Waals surface area contributed by atoms with Gasteiger partial charge in [0.2, 0.25) is 5.95 Å². The lowest BCUT2D eigenvalue weighted by atomic mass is 10.1. The molecule has 0 bridgehead atoms. The Hall–Kier alpha value is -3.76. The fourth-order valence-corrected chi connectivity index (χ4v) is 4.40. The van der Waals surface area contributed by atoms with Gasteiger partial charge in [0, 0.05) is 36.8 Å². The number of rotatable bonds is 5. The van der Waals surface area contributed by atoms with Crippen molar-refractivity contribution in [3.05, 3.63) is 64.5 Å². The summed E-state index contributed by atoms with van der Waals surface area (Å²) >= 11 is 12.4. The quantitative estimate of drug-likeness (QED) is 0.416. The fourth-order valence-electron chi connectivity index (χ4n) is 3.89. The van der Waals surface area contributed by atoms with E-state index in [1.807, 2.05) is 4.90 Å². The van der Waals surface area contributed by atoms with Gasteiger partial charge < -0.3 is 20.3 Å². The van der Waals surface area contributed by atoms with Crippen LogP contribution in [0.1, 0.15) is 0 Å². The molecule has 184 valence electrons. The zero-order valence-corrected chi connectivity index (χ0v) is 20.4. The molecule has 4 aromatic rings. The number of benzene rings is 2. The summed E-state index contributed by atoms with van der Waals surface area (Å²) in [4.78, 5) is 34.1. The summed E-state index contributed by atoms with van der Waals surface area (Å²) < 4.78 is 18.5. The van der Waals surface area contributed by atoms with Gasteiger partial charge in [0.05, 0.1) is 16.9 Å². The number of hydrogen-bond acceptors (Lipinski definition) is 8. The number of anilines is 2. The first-order chi connectivity index (χ1) is 17.4. The first kappa shape index (κ1) is 24.0. The Labute approximate surface area is 215 Å². The third kappa shape index (κ3) is 5.09. The minimum Gasteiger partial charge on any atom is -0.484 e. The van der Waals surface area contributed by atoms with Crippen LogP contribution >= 0.6 is 23.2 Å². The molecule has 0 radical (unpaired) electrons. The predicted octanol–water partition coefficient (Wildman–Crippen LogP) is 3.84. The summed E-state index contributed by atoms with van der Waals surface area (Å²) in [5.74, 6) is 0.518. The number of amides is 1. The summed E-state index contributed by atoms with van der Waals surface area (Å²) in [7, 11) is 0. The summed E-state index contributed by atoms with van der Waals surface area (Å²) in [5, 5.41) is 0.967. The summed E-state index contributed by atoms with van der Waals surface area (Å²) in [6.07, 6.45) is 1.57. The Morgan fingerprint density at radius 2 is 1.78 bits per heavy atom. The normalized spacial score (nSPS) is 13.8. The van der Waals surface area contributed by atoms with Gasteiger partial charge in [-0.25, -0.2) is 14.4 Å². The molecule has 0 aliphatic carbocycles. The van der Waals surface area contributed by atoms with Crippen LogP contribution in [0.5, 0.6) is 5.75 Å². The van der Waals surface area contributed by atoms with Gasteiger partial charge in [0.1, 0.15) is 11.6 Å². The van der Waals surface area contributed by atoms with Crippen LogP contribution in [0.4, 0.5) is 16.2 Å². The Morgan fingerprint density at radius 1 is 1.03 bits per heavy atom. The number of halogens is 3. The van der Waals surface area contributed by atoms with Gasteiger partial charge in [-0.2, -0.15) is 9.97 Å². The van der Waals surface area contributed by atoms with Gasteiger partial charge in [-0.3, -0.25) is 4.79 Å². The van der Waals surface area contributed by atoms with E-state index in [0.717, 1.165) is 0 Å². The second-order valence-electron chi connectivity index (χ2n) is 8.07. The van der Waals surface area contributed by atoms with Crippen LogP contribution in [-0.2, 0) is 4.79 Å². The zero-order chi connectivity index (χ0) is 25.2. The van der Waals surface area contributed by atoms with Gasteiger partial charge in [0.25, 0.3) is 5.91 Å². The monoisotopic (exact) mass is 527 g/mol. The number of carbonyl (C=O) groups is 1. The first-order valence-corrected chi connectivity index (χ1v) is 11.8. The molecule has 3 heterocycles. The average Bonchev–Trinajstić information content (AvgIpc) is 2.87. The molecule has 0 atom stereocenters. The first-order valence-electron chi connectivity index (χ1n) is 11.0. The second kappa shape index (κ2) is 10.1. The Bertz CT molecular complexity index is 1430. The van der Waals surface area contributed by atoms with Crippen molar-refractivity contribution in [2.24, 2.45) is 0 Å². The third-order valence-electron chi connectivity index (χ3n) is 5.72. The highest BCUT2D eigenvalue weighted by Gasteiger charge is 2.25. The third-order valence-corrected chi connectivity index (χ3v) is 6.27. The highest BCUT2D eigenvalue weighted by atomic mass is 35.5. The fraction of sp³-hybridized carbons (Fsp3) is 0.208. The smallest absolute Gasteiger partial charge is 0.260 e. The van der Waals surface area contributed by atoms with Crippen molar-refractivity contribution in [1.29, 1.82) is 0 Å². The van der Waals surface area contributed by atoms with Gasteiger partial charge >= 0.3 is 0 Å². The lowest BCUT2D eigenvalue weighted by Gasteiger charge is -2.35. The molecule has 0 unspecified atom stereocenters. The molecule has 1 aliphatic rings. The van der Waals surface area contributed by atoms with Crippen LogP contribution in [0.2, 0.25) is 10.0 Å². The molecule has 2 N–H and O–H groups in total. The molecular formula is C24H20Cl2FN7O2. The van der Waals surface area contributed by atoms with Gasteiger partial charge in [0.15, 0.2) is 23.6 Å². The number of carbonyl (C=O) groups excluding carboxylic acids is 1. The molecule has 0 saturated carbocycles. The van der Waals surface area contributed by atoms with E-state index in [0.29, 0.717) is 70.2 Å².